The van der Waals surface area contributed by atoms with Crippen LogP contribution in [-0.4, -0.2) is 36.1 Å². The number of aliphatic carboxylic acids is 1. The van der Waals surface area contributed by atoms with Crippen LogP contribution in [-0.2, 0) is 10.3 Å². The summed E-state index contributed by atoms with van der Waals surface area (Å²) in [5, 5.41) is 11.8. The Morgan fingerprint density at radius 3 is 2.18 bits per heavy atom. The molecule has 2 N–H and O–H groups in total. The third-order valence-electron chi connectivity index (χ3n) is 2.54. The Morgan fingerprint density at radius 2 is 1.76 bits per heavy atom. The SMILES string of the molecule is CN(C)C(=O)NC(C)(C(=O)O)c1ccccc1. The maximum atomic E-state index is 11.6. The molecule has 5 nitrogen and oxygen atoms in total. The second kappa shape index (κ2) is 4.86. The van der Waals surface area contributed by atoms with E-state index in [1.54, 1.807) is 44.4 Å². The molecule has 0 fully saturated rings. The first kappa shape index (κ1) is 13.0. The molecule has 0 bridgehead atoms. The molecule has 5 heteroatoms. The molecule has 1 aromatic carbocycles. The van der Waals surface area contributed by atoms with Crippen molar-refractivity contribution in [3.63, 3.8) is 0 Å². The van der Waals surface area contributed by atoms with E-state index >= 15 is 0 Å². The molecule has 0 aliphatic heterocycles. The van der Waals surface area contributed by atoms with E-state index in [2.05, 4.69) is 5.32 Å². The van der Waals surface area contributed by atoms with Gasteiger partial charge in [0.15, 0.2) is 5.54 Å². The number of carboxylic acids is 1. The van der Waals surface area contributed by atoms with Crippen LogP contribution >= 0.6 is 0 Å². The highest BCUT2D eigenvalue weighted by molar-refractivity contribution is 5.86. The number of hydrogen-bond donors (Lipinski definition) is 2. The lowest BCUT2D eigenvalue weighted by atomic mass is 9.92. The average molecular weight is 236 g/mol. The minimum Gasteiger partial charge on any atom is -0.479 e. The van der Waals surface area contributed by atoms with Gasteiger partial charge in [-0.15, -0.1) is 0 Å². The van der Waals surface area contributed by atoms with Crippen LogP contribution in [0.25, 0.3) is 0 Å². The highest BCUT2D eigenvalue weighted by Gasteiger charge is 2.37. The maximum Gasteiger partial charge on any atom is 0.333 e. The second-order valence-electron chi connectivity index (χ2n) is 4.12. The molecule has 0 aliphatic rings. The summed E-state index contributed by atoms with van der Waals surface area (Å²) >= 11 is 0. The zero-order valence-electron chi connectivity index (χ0n) is 10.1. The van der Waals surface area contributed by atoms with Crippen molar-refractivity contribution in [3.05, 3.63) is 35.9 Å². The van der Waals surface area contributed by atoms with Gasteiger partial charge in [0.25, 0.3) is 0 Å². The molecular weight excluding hydrogens is 220 g/mol. The van der Waals surface area contributed by atoms with Crippen LogP contribution in [0.4, 0.5) is 4.79 Å². The topological polar surface area (TPSA) is 69.6 Å². The second-order valence-corrected chi connectivity index (χ2v) is 4.12. The predicted octanol–water partition coefficient (Wildman–Crippen LogP) is 1.26. The molecule has 0 aliphatic carbocycles. The standard InChI is InChI=1S/C12H16N2O3/c1-12(10(15)16,13-11(17)14(2)3)9-7-5-4-6-8-9/h4-8H,1-3H3,(H,13,17)(H,15,16). The van der Waals surface area contributed by atoms with Gasteiger partial charge in [-0.2, -0.15) is 0 Å². The third kappa shape index (κ3) is 2.75. The molecule has 1 unspecified atom stereocenters. The summed E-state index contributed by atoms with van der Waals surface area (Å²) in [5.41, 5.74) is -0.898. The van der Waals surface area contributed by atoms with E-state index in [1.165, 1.54) is 11.8 Å². The maximum absolute atomic E-state index is 11.6. The molecule has 1 atom stereocenters. The van der Waals surface area contributed by atoms with Crippen LogP contribution in [0.3, 0.4) is 0 Å². The van der Waals surface area contributed by atoms with Gasteiger partial charge in [0.05, 0.1) is 0 Å². The zero-order chi connectivity index (χ0) is 13.1. The first-order valence-electron chi connectivity index (χ1n) is 5.16. The smallest absolute Gasteiger partial charge is 0.333 e. The quantitative estimate of drug-likeness (QED) is 0.830. The largest absolute Gasteiger partial charge is 0.479 e. The number of nitrogens with one attached hydrogen (secondary N) is 1. The number of nitrogens with zero attached hydrogens (tertiary/aromatic N) is 1. The molecule has 2 amide bonds. The highest BCUT2D eigenvalue weighted by atomic mass is 16.4. The van der Waals surface area contributed by atoms with E-state index in [-0.39, 0.29) is 0 Å². The van der Waals surface area contributed by atoms with Gasteiger partial charge in [0, 0.05) is 14.1 Å². The Kier molecular flexibility index (Phi) is 3.73. The molecule has 0 heterocycles. The molecule has 92 valence electrons. The van der Waals surface area contributed by atoms with Crippen LogP contribution < -0.4 is 5.32 Å². The van der Waals surface area contributed by atoms with Gasteiger partial charge in [-0.1, -0.05) is 30.3 Å². The van der Waals surface area contributed by atoms with Gasteiger partial charge >= 0.3 is 12.0 Å². The number of carbonyl (C=O) groups excluding carboxylic acids is 1. The fourth-order valence-electron chi connectivity index (χ4n) is 1.35. The van der Waals surface area contributed by atoms with E-state index in [4.69, 9.17) is 0 Å². The minimum atomic E-state index is -1.43. The average Bonchev–Trinajstić information content (AvgIpc) is 2.29. The number of benzene rings is 1. The van der Waals surface area contributed by atoms with Crippen LogP contribution in [0.2, 0.25) is 0 Å². The molecule has 0 saturated carbocycles. The fourth-order valence-corrected chi connectivity index (χ4v) is 1.35. The fraction of sp³-hybridized carbons (Fsp3) is 0.333. The summed E-state index contributed by atoms with van der Waals surface area (Å²) < 4.78 is 0. The van der Waals surface area contributed by atoms with Crippen LogP contribution in [0.15, 0.2) is 30.3 Å². The summed E-state index contributed by atoms with van der Waals surface area (Å²) in [5.74, 6) is -1.10. The number of rotatable bonds is 3. The van der Waals surface area contributed by atoms with Gasteiger partial charge in [-0.25, -0.2) is 9.59 Å². The number of hydrogen-bond acceptors (Lipinski definition) is 2. The van der Waals surface area contributed by atoms with Crippen molar-refractivity contribution in [2.45, 2.75) is 12.5 Å². The Bertz CT molecular complexity index is 417. The monoisotopic (exact) mass is 236 g/mol. The van der Waals surface area contributed by atoms with Gasteiger partial charge in [-0.05, 0) is 12.5 Å². The number of urea groups is 1. The Morgan fingerprint density at radius 1 is 1.24 bits per heavy atom. The van der Waals surface area contributed by atoms with E-state index in [1.807, 2.05) is 0 Å². The molecular formula is C12H16N2O3. The number of amides is 2. The van der Waals surface area contributed by atoms with Crippen molar-refractivity contribution >= 4 is 12.0 Å². The summed E-state index contributed by atoms with van der Waals surface area (Å²) in [6, 6.07) is 8.16. The predicted molar refractivity (Wildman–Crippen MR) is 63.6 cm³/mol. The lowest BCUT2D eigenvalue weighted by Gasteiger charge is -2.28. The van der Waals surface area contributed by atoms with Crippen LogP contribution in [0.1, 0.15) is 12.5 Å². The molecule has 0 radical (unpaired) electrons. The van der Waals surface area contributed by atoms with Crippen LogP contribution in [0, 0.1) is 0 Å². The van der Waals surface area contributed by atoms with Crippen molar-refractivity contribution in [3.8, 4) is 0 Å². The lowest BCUT2D eigenvalue weighted by Crippen LogP contribution is -2.52. The van der Waals surface area contributed by atoms with E-state index < -0.39 is 17.5 Å². The Labute approximate surface area is 100 Å². The van der Waals surface area contributed by atoms with Crippen molar-refractivity contribution in [1.82, 2.24) is 10.2 Å². The first-order valence-corrected chi connectivity index (χ1v) is 5.16. The van der Waals surface area contributed by atoms with Gasteiger partial charge in [0.2, 0.25) is 0 Å². The normalized spacial score (nSPS) is 13.6. The molecule has 1 aromatic rings. The van der Waals surface area contributed by atoms with Gasteiger partial charge in [-0.3, -0.25) is 0 Å². The molecule has 0 saturated heterocycles. The van der Waals surface area contributed by atoms with Crippen LogP contribution in [0.5, 0.6) is 0 Å². The van der Waals surface area contributed by atoms with Crippen molar-refractivity contribution in [2.24, 2.45) is 0 Å². The van der Waals surface area contributed by atoms with E-state index in [9.17, 15) is 14.7 Å². The molecule has 0 aromatic heterocycles. The lowest BCUT2D eigenvalue weighted by molar-refractivity contribution is -0.144. The molecule has 17 heavy (non-hydrogen) atoms. The number of carbonyl (C=O) groups is 2. The Hall–Kier alpha value is -2.04. The third-order valence-corrected chi connectivity index (χ3v) is 2.54. The van der Waals surface area contributed by atoms with Crippen molar-refractivity contribution in [1.29, 1.82) is 0 Å². The Balaban J connectivity index is 3.07. The summed E-state index contributed by atoms with van der Waals surface area (Å²) in [6.45, 7) is 1.46. The van der Waals surface area contributed by atoms with Crippen molar-refractivity contribution in [2.75, 3.05) is 14.1 Å². The highest BCUT2D eigenvalue weighted by Crippen LogP contribution is 2.20. The summed E-state index contributed by atoms with van der Waals surface area (Å²) in [6.07, 6.45) is 0. The van der Waals surface area contributed by atoms with Gasteiger partial charge in [0.1, 0.15) is 0 Å². The number of carboxylic acid groups (broad SMARTS) is 1. The van der Waals surface area contributed by atoms with Crippen molar-refractivity contribution < 1.29 is 14.7 Å². The minimum absolute atomic E-state index is 0.446. The van der Waals surface area contributed by atoms with Gasteiger partial charge < -0.3 is 15.3 Å². The summed E-state index contributed by atoms with van der Waals surface area (Å²) in [7, 11) is 3.12. The van der Waals surface area contributed by atoms with E-state index in [0.29, 0.717) is 5.56 Å². The zero-order valence-corrected chi connectivity index (χ0v) is 10.1. The van der Waals surface area contributed by atoms with E-state index in [0.717, 1.165) is 0 Å². The first-order chi connectivity index (χ1) is 7.88. The molecule has 0 spiro atoms. The summed E-state index contributed by atoms with van der Waals surface area (Å²) in [4.78, 5) is 24.2. The molecule has 1 rings (SSSR count).